The molecule has 0 amide bonds. The van der Waals surface area contributed by atoms with Crippen LogP contribution in [-0.4, -0.2) is 9.78 Å². The predicted octanol–water partition coefficient (Wildman–Crippen LogP) is 3.14. The third-order valence-electron chi connectivity index (χ3n) is 2.26. The van der Waals surface area contributed by atoms with E-state index < -0.39 is 17.6 Å². The molecule has 0 N–H and O–H groups in total. The van der Waals surface area contributed by atoms with Gasteiger partial charge in [0.25, 0.3) is 0 Å². The summed E-state index contributed by atoms with van der Waals surface area (Å²) in [6.07, 6.45) is -3.37. The normalized spacial score (nSPS) is 11.8. The Morgan fingerprint density at radius 2 is 2.00 bits per heavy atom. The Labute approximate surface area is 94.5 Å². The number of aryl methyl sites for hydroxylation is 1. The molecule has 2 nitrogen and oxygen atoms in total. The lowest BCUT2D eigenvalue weighted by atomic mass is 10.1. The fraction of sp³-hybridized carbons (Fsp3) is 0.182. The second-order valence-electron chi connectivity index (χ2n) is 3.45. The zero-order valence-corrected chi connectivity index (χ0v) is 8.72. The molecule has 1 aromatic carbocycles. The number of hydrogen-bond acceptors (Lipinski definition) is 1. The number of hydrogen-bond donors (Lipinski definition) is 0. The van der Waals surface area contributed by atoms with Crippen molar-refractivity contribution in [3.63, 3.8) is 0 Å². The quantitative estimate of drug-likeness (QED) is 0.703. The van der Waals surface area contributed by atoms with Gasteiger partial charge in [-0.3, -0.25) is 0 Å². The summed E-state index contributed by atoms with van der Waals surface area (Å²) in [6, 6.07) is 5.12. The highest BCUT2D eigenvalue weighted by atomic mass is 19.4. The monoisotopic (exact) mass is 243 g/mol. The molecule has 0 spiro atoms. The molecule has 0 bridgehead atoms. The number of benzene rings is 1. The van der Waals surface area contributed by atoms with Gasteiger partial charge < -0.3 is 0 Å². The van der Waals surface area contributed by atoms with Crippen molar-refractivity contribution in [1.29, 1.82) is 0 Å². The largest absolute Gasteiger partial charge is 0.418 e. The van der Waals surface area contributed by atoms with Gasteiger partial charge in [0.15, 0.2) is 0 Å². The molecule has 6 heteroatoms. The van der Waals surface area contributed by atoms with Crippen LogP contribution in [-0.2, 0) is 6.18 Å². The van der Waals surface area contributed by atoms with Crippen LogP contribution in [0.15, 0.2) is 24.4 Å². The lowest BCUT2D eigenvalue weighted by molar-refractivity contribution is -0.137. The third kappa shape index (κ3) is 2.15. The Balaban J connectivity index is 2.67. The van der Waals surface area contributed by atoms with E-state index in [1.165, 1.54) is 6.20 Å². The van der Waals surface area contributed by atoms with E-state index in [9.17, 15) is 17.6 Å². The molecule has 0 aliphatic rings. The van der Waals surface area contributed by atoms with Crippen LogP contribution in [0.5, 0.6) is 0 Å². The smallest absolute Gasteiger partial charge is 0.237 e. The predicted molar refractivity (Wildman–Crippen MR) is 52.1 cm³/mol. The highest BCUT2D eigenvalue weighted by Gasteiger charge is 2.34. The fourth-order valence-electron chi connectivity index (χ4n) is 1.49. The summed E-state index contributed by atoms with van der Waals surface area (Å²) in [7, 11) is 0. The molecule has 0 unspecified atom stereocenters. The van der Waals surface area contributed by atoms with E-state index in [0.29, 0.717) is 11.8 Å². The summed E-state index contributed by atoms with van der Waals surface area (Å²) < 4.78 is 52.2. The van der Waals surface area contributed by atoms with Crippen LogP contribution < -0.4 is 0 Å². The van der Waals surface area contributed by atoms with Gasteiger partial charge in [-0.1, -0.05) is 0 Å². The third-order valence-corrected chi connectivity index (χ3v) is 2.26. The lowest BCUT2D eigenvalue weighted by Gasteiger charge is -2.13. The van der Waals surface area contributed by atoms with Gasteiger partial charge in [0, 0.05) is 11.8 Å². The summed E-state index contributed by atoms with van der Waals surface area (Å²) >= 11 is 0. The zero-order chi connectivity index (χ0) is 12.6. The Kier molecular flexibility index (Phi) is 2.65. The van der Waals surface area contributed by atoms with E-state index in [2.05, 4.69) is 11.2 Å². The summed E-state index contributed by atoms with van der Waals surface area (Å²) in [5, 5.41) is 3.73. The molecule has 2 rings (SSSR count). The van der Waals surface area contributed by atoms with Crippen molar-refractivity contribution in [2.24, 2.45) is 0 Å². The summed E-state index contributed by atoms with van der Waals surface area (Å²) in [5.41, 5.74) is -0.850. The first kappa shape index (κ1) is 11.6. The van der Waals surface area contributed by atoms with E-state index in [-0.39, 0.29) is 5.69 Å². The minimum absolute atomic E-state index is 0.211. The summed E-state index contributed by atoms with van der Waals surface area (Å²) in [5.74, 6) is -0.935. The highest BCUT2D eigenvalue weighted by molar-refractivity contribution is 5.43. The Morgan fingerprint density at radius 1 is 1.29 bits per heavy atom. The van der Waals surface area contributed by atoms with Gasteiger partial charge >= 0.3 is 6.18 Å². The molecule has 0 aliphatic heterocycles. The molecule has 1 radical (unpaired) electrons. The summed E-state index contributed by atoms with van der Waals surface area (Å²) in [6.45, 7) is 1.57. The number of alkyl halides is 3. The molecule has 0 saturated carbocycles. The van der Waals surface area contributed by atoms with Gasteiger partial charge in [-0.15, -0.1) is 0 Å². The van der Waals surface area contributed by atoms with Gasteiger partial charge in [-0.25, -0.2) is 9.07 Å². The first-order valence-corrected chi connectivity index (χ1v) is 4.69. The summed E-state index contributed by atoms with van der Waals surface area (Å²) in [4.78, 5) is 0. The minimum Gasteiger partial charge on any atom is -0.237 e. The van der Waals surface area contributed by atoms with Gasteiger partial charge in [-0.05, 0) is 25.1 Å². The Hall–Kier alpha value is -1.85. The lowest BCUT2D eigenvalue weighted by Crippen LogP contribution is -2.12. The molecule has 1 heterocycles. The molecule has 1 aromatic heterocycles. The standard InChI is InChI=1S/C11H7F4N2/c1-7-4-5-16-17(7)10-3-2-8(12)6-9(10)11(13,14)15/h2-3,5-6H,1H3. The topological polar surface area (TPSA) is 17.8 Å². The van der Waals surface area contributed by atoms with Crippen molar-refractivity contribution >= 4 is 0 Å². The average molecular weight is 243 g/mol. The SMILES string of the molecule is Cc1[c]cnn1-c1ccc(F)cc1C(F)(F)F. The number of nitrogens with zero attached hydrogens (tertiary/aromatic N) is 2. The van der Waals surface area contributed by atoms with Crippen molar-refractivity contribution in [3.05, 3.63) is 47.5 Å². The minimum atomic E-state index is -4.63. The van der Waals surface area contributed by atoms with Crippen molar-refractivity contribution in [2.45, 2.75) is 13.1 Å². The van der Waals surface area contributed by atoms with Crippen LogP contribution in [0.4, 0.5) is 17.6 Å². The van der Waals surface area contributed by atoms with Gasteiger partial charge in [0.1, 0.15) is 5.82 Å². The van der Waals surface area contributed by atoms with E-state index in [0.717, 1.165) is 16.8 Å². The van der Waals surface area contributed by atoms with Gasteiger partial charge in [-0.2, -0.15) is 18.3 Å². The van der Waals surface area contributed by atoms with Gasteiger partial charge in [0.2, 0.25) is 0 Å². The molecular weight excluding hydrogens is 236 g/mol. The molecule has 0 aliphatic carbocycles. The number of halogens is 4. The Morgan fingerprint density at radius 3 is 2.53 bits per heavy atom. The molecule has 17 heavy (non-hydrogen) atoms. The second-order valence-corrected chi connectivity index (χ2v) is 3.45. The van der Waals surface area contributed by atoms with E-state index >= 15 is 0 Å². The fourth-order valence-corrected chi connectivity index (χ4v) is 1.49. The Bertz CT molecular complexity index is 543. The average Bonchev–Trinajstić information content (AvgIpc) is 2.63. The van der Waals surface area contributed by atoms with Crippen LogP contribution in [0.1, 0.15) is 11.3 Å². The number of rotatable bonds is 1. The van der Waals surface area contributed by atoms with Crippen molar-refractivity contribution in [1.82, 2.24) is 9.78 Å². The number of aromatic nitrogens is 2. The second kappa shape index (κ2) is 3.87. The first-order valence-electron chi connectivity index (χ1n) is 4.69. The van der Waals surface area contributed by atoms with Crippen LogP contribution >= 0.6 is 0 Å². The van der Waals surface area contributed by atoms with Crippen LogP contribution in [0, 0.1) is 18.8 Å². The molecule has 0 atom stereocenters. The maximum absolute atomic E-state index is 12.9. The van der Waals surface area contributed by atoms with Crippen LogP contribution in [0.2, 0.25) is 0 Å². The maximum atomic E-state index is 12.9. The van der Waals surface area contributed by atoms with Crippen molar-refractivity contribution in [3.8, 4) is 5.69 Å². The van der Waals surface area contributed by atoms with E-state index in [4.69, 9.17) is 0 Å². The van der Waals surface area contributed by atoms with Crippen molar-refractivity contribution < 1.29 is 17.6 Å². The van der Waals surface area contributed by atoms with Crippen LogP contribution in [0.25, 0.3) is 5.69 Å². The molecular formula is C11H7F4N2. The maximum Gasteiger partial charge on any atom is 0.418 e. The van der Waals surface area contributed by atoms with Gasteiger partial charge in [0.05, 0.1) is 17.4 Å². The molecule has 0 fully saturated rings. The molecule has 89 valence electrons. The molecule has 2 aromatic rings. The highest BCUT2D eigenvalue weighted by Crippen LogP contribution is 2.34. The van der Waals surface area contributed by atoms with Crippen molar-refractivity contribution in [2.75, 3.05) is 0 Å². The van der Waals surface area contributed by atoms with Crippen LogP contribution in [0.3, 0.4) is 0 Å². The van der Waals surface area contributed by atoms with E-state index in [1.54, 1.807) is 6.92 Å². The first-order chi connectivity index (χ1) is 7.89. The molecule has 0 saturated heterocycles. The zero-order valence-electron chi connectivity index (χ0n) is 8.72. The van der Waals surface area contributed by atoms with E-state index in [1.807, 2.05) is 0 Å².